The van der Waals surface area contributed by atoms with Crippen molar-refractivity contribution in [1.29, 1.82) is 5.26 Å². The predicted molar refractivity (Wildman–Crippen MR) is 101 cm³/mol. The molecule has 0 saturated heterocycles. The Balaban J connectivity index is 2.45. The number of aryl methyl sites for hydroxylation is 3. The maximum absolute atomic E-state index is 12.5. The van der Waals surface area contributed by atoms with Crippen LogP contribution in [0.4, 0.5) is 5.69 Å². The first kappa shape index (κ1) is 20.0. The van der Waals surface area contributed by atoms with Gasteiger partial charge in [-0.1, -0.05) is 12.1 Å². The number of hydrogen-bond acceptors (Lipinski definition) is 5. The van der Waals surface area contributed by atoms with E-state index in [0.717, 1.165) is 16.7 Å². The van der Waals surface area contributed by atoms with Gasteiger partial charge in [0.05, 0.1) is 18.7 Å². The summed E-state index contributed by atoms with van der Waals surface area (Å²) in [6.45, 7) is 3.89. The number of nitriles is 1. The third-order valence-electron chi connectivity index (χ3n) is 4.44. The zero-order chi connectivity index (χ0) is 20.0. The minimum absolute atomic E-state index is 0.0275. The van der Waals surface area contributed by atoms with E-state index in [-0.39, 0.29) is 6.42 Å². The summed E-state index contributed by atoms with van der Waals surface area (Å²) in [5, 5.41) is 21.1. The minimum Gasteiger partial charge on any atom is -0.481 e. The van der Waals surface area contributed by atoms with Crippen molar-refractivity contribution in [2.45, 2.75) is 32.7 Å². The van der Waals surface area contributed by atoms with Gasteiger partial charge in [0.25, 0.3) is 0 Å². The van der Waals surface area contributed by atoms with Crippen molar-refractivity contribution < 1.29 is 19.4 Å². The lowest BCUT2D eigenvalue weighted by Crippen LogP contribution is -2.24. The zero-order valence-electron chi connectivity index (χ0n) is 15.6. The van der Waals surface area contributed by atoms with Gasteiger partial charge in [0.15, 0.2) is 6.04 Å². The van der Waals surface area contributed by atoms with Gasteiger partial charge in [-0.2, -0.15) is 5.26 Å². The number of carbonyl (C=O) groups excluding carboxylic acids is 1. The Hall–Kier alpha value is -3.33. The average Bonchev–Trinajstić information content (AvgIpc) is 2.66. The molecule has 0 aliphatic heterocycles. The molecule has 0 aromatic heterocycles. The fourth-order valence-corrected chi connectivity index (χ4v) is 2.81. The normalized spacial score (nSPS) is 11.3. The van der Waals surface area contributed by atoms with Crippen LogP contribution in [0.15, 0.2) is 36.4 Å². The van der Waals surface area contributed by atoms with Gasteiger partial charge in [-0.3, -0.25) is 4.79 Å². The number of aliphatic carboxylic acids is 1. The van der Waals surface area contributed by atoms with Gasteiger partial charge < -0.3 is 15.2 Å². The molecule has 0 aliphatic rings. The molecule has 0 radical (unpaired) electrons. The van der Waals surface area contributed by atoms with Crippen LogP contribution >= 0.6 is 0 Å². The number of nitrogens with one attached hydrogen (secondary N) is 1. The zero-order valence-corrected chi connectivity index (χ0v) is 15.6. The van der Waals surface area contributed by atoms with E-state index in [1.165, 1.54) is 7.11 Å². The van der Waals surface area contributed by atoms with Crippen molar-refractivity contribution in [1.82, 2.24) is 0 Å². The van der Waals surface area contributed by atoms with E-state index in [1.54, 1.807) is 24.3 Å². The van der Waals surface area contributed by atoms with Crippen LogP contribution in [0.1, 0.15) is 40.3 Å². The first-order chi connectivity index (χ1) is 12.8. The van der Waals surface area contributed by atoms with Crippen LogP contribution in [-0.2, 0) is 20.7 Å². The Morgan fingerprint density at radius 1 is 1.19 bits per heavy atom. The average molecular weight is 366 g/mol. The van der Waals surface area contributed by atoms with E-state index in [0.29, 0.717) is 23.2 Å². The highest BCUT2D eigenvalue weighted by atomic mass is 16.5. The number of esters is 1. The lowest BCUT2D eigenvalue weighted by molar-refractivity contribution is -0.141. The van der Waals surface area contributed by atoms with Crippen LogP contribution in [0.25, 0.3) is 0 Å². The number of methoxy groups -OCH3 is 1. The van der Waals surface area contributed by atoms with E-state index in [2.05, 4.69) is 5.32 Å². The number of nitrogens with zero attached hydrogens (tertiary/aromatic N) is 1. The standard InChI is InChI=1S/C21H22N2O4/c1-13-10-16(6-9-19(24)25)18(11-14(13)2)20(21(26)27-3)23-17-7-4-15(12-22)5-8-17/h4-5,7-8,10-11,20,23H,6,9H2,1-3H3,(H,24,25). The van der Waals surface area contributed by atoms with Gasteiger partial charge in [0.2, 0.25) is 0 Å². The topological polar surface area (TPSA) is 99.4 Å². The lowest BCUT2D eigenvalue weighted by Gasteiger charge is -2.22. The summed E-state index contributed by atoms with van der Waals surface area (Å²) in [4.78, 5) is 23.5. The van der Waals surface area contributed by atoms with Crippen LogP contribution in [-0.4, -0.2) is 24.2 Å². The molecule has 140 valence electrons. The van der Waals surface area contributed by atoms with Crippen molar-refractivity contribution >= 4 is 17.6 Å². The third-order valence-corrected chi connectivity index (χ3v) is 4.44. The van der Waals surface area contributed by atoms with Gasteiger partial charge in [-0.25, -0.2) is 4.79 Å². The first-order valence-corrected chi connectivity index (χ1v) is 8.52. The fraction of sp³-hybridized carbons (Fsp3) is 0.286. The van der Waals surface area contributed by atoms with E-state index >= 15 is 0 Å². The van der Waals surface area contributed by atoms with Crippen molar-refractivity contribution in [3.05, 3.63) is 64.2 Å². The SMILES string of the molecule is COC(=O)C(Nc1ccc(C#N)cc1)c1cc(C)c(C)cc1CCC(=O)O. The van der Waals surface area contributed by atoms with Crippen molar-refractivity contribution in [3.63, 3.8) is 0 Å². The highest BCUT2D eigenvalue weighted by Gasteiger charge is 2.25. The quantitative estimate of drug-likeness (QED) is 0.728. The molecule has 6 heteroatoms. The van der Waals surface area contributed by atoms with Crippen molar-refractivity contribution in [2.75, 3.05) is 12.4 Å². The molecule has 6 nitrogen and oxygen atoms in total. The highest BCUT2D eigenvalue weighted by Crippen LogP contribution is 2.28. The molecule has 1 atom stereocenters. The summed E-state index contributed by atoms with van der Waals surface area (Å²) in [6, 6.07) is 11.8. The van der Waals surface area contributed by atoms with Crippen LogP contribution in [0.3, 0.4) is 0 Å². The molecule has 0 spiro atoms. The number of benzene rings is 2. The van der Waals surface area contributed by atoms with Crippen LogP contribution < -0.4 is 5.32 Å². The largest absolute Gasteiger partial charge is 0.481 e. The second-order valence-electron chi connectivity index (χ2n) is 6.32. The molecule has 0 fully saturated rings. The van der Waals surface area contributed by atoms with E-state index in [9.17, 15) is 9.59 Å². The molecule has 27 heavy (non-hydrogen) atoms. The van der Waals surface area contributed by atoms with Gasteiger partial charge in [-0.05, 0) is 66.8 Å². The summed E-state index contributed by atoms with van der Waals surface area (Å²) in [7, 11) is 1.31. The molecule has 0 bridgehead atoms. The van der Waals surface area contributed by atoms with Gasteiger partial charge in [0.1, 0.15) is 0 Å². The molecule has 2 N–H and O–H groups in total. The fourth-order valence-electron chi connectivity index (χ4n) is 2.81. The van der Waals surface area contributed by atoms with Crippen molar-refractivity contribution in [3.8, 4) is 6.07 Å². The van der Waals surface area contributed by atoms with Crippen molar-refractivity contribution in [2.24, 2.45) is 0 Å². The highest BCUT2D eigenvalue weighted by molar-refractivity contribution is 5.82. The molecule has 0 aliphatic carbocycles. The molecule has 2 rings (SSSR count). The number of anilines is 1. The number of rotatable bonds is 7. The summed E-state index contributed by atoms with van der Waals surface area (Å²) < 4.78 is 4.96. The van der Waals surface area contributed by atoms with Crippen LogP contribution in [0.5, 0.6) is 0 Å². The predicted octanol–water partition coefficient (Wildman–Crippen LogP) is 3.52. The summed E-state index contributed by atoms with van der Waals surface area (Å²) in [5.74, 6) is -1.37. The molecule has 2 aromatic rings. The smallest absolute Gasteiger partial charge is 0.332 e. The van der Waals surface area contributed by atoms with E-state index < -0.39 is 18.0 Å². The lowest BCUT2D eigenvalue weighted by atomic mass is 9.92. The Bertz CT molecular complexity index is 882. The molecular formula is C21H22N2O4. The maximum Gasteiger partial charge on any atom is 0.332 e. The summed E-state index contributed by atoms with van der Waals surface area (Å²) in [6.07, 6.45) is 0.286. The van der Waals surface area contributed by atoms with Gasteiger partial charge in [-0.15, -0.1) is 0 Å². The monoisotopic (exact) mass is 366 g/mol. The Morgan fingerprint density at radius 3 is 2.37 bits per heavy atom. The Morgan fingerprint density at radius 2 is 1.81 bits per heavy atom. The Kier molecular flexibility index (Phi) is 6.56. The second kappa shape index (κ2) is 8.86. The second-order valence-corrected chi connectivity index (χ2v) is 6.32. The third kappa shape index (κ3) is 5.08. The summed E-state index contributed by atoms with van der Waals surface area (Å²) >= 11 is 0. The molecule has 1 unspecified atom stereocenters. The Labute approximate surface area is 158 Å². The van der Waals surface area contributed by atoms with Crippen LogP contribution in [0, 0.1) is 25.2 Å². The first-order valence-electron chi connectivity index (χ1n) is 8.52. The number of carbonyl (C=O) groups is 2. The number of hydrogen-bond donors (Lipinski definition) is 2. The molecule has 0 saturated carbocycles. The minimum atomic E-state index is -0.895. The van der Waals surface area contributed by atoms with Crippen LogP contribution in [0.2, 0.25) is 0 Å². The van der Waals surface area contributed by atoms with E-state index in [4.69, 9.17) is 15.1 Å². The van der Waals surface area contributed by atoms with E-state index in [1.807, 2.05) is 32.0 Å². The molecule has 2 aromatic carbocycles. The van der Waals surface area contributed by atoms with Gasteiger partial charge >= 0.3 is 11.9 Å². The number of carboxylic acids is 1. The molecular weight excluding hydrogens is 344 g/mol. The van der Waals surface area contributed by atoms with Gasteiger partial charge in [0, 0.05) is 12.1 Å². The molecule has 0 heterocycles. The number of ether oxygens (including phenoxy) is 1. The maximum atomic E-state index is 12.5. The summed E-state index contributed by atoms with van der Waals surface area (Å²) in [5.41, 5.74) is 4.68. The molecule has 0 amide bonds. The number of carboxylic acid groups (broad SMARTS) is 1.